The van der Waals surface area contributed by atoms with Crippen LogP contribution < -0.4 is 10.5 Å². The van der Waals surface area contributed by atoms with E-state index in [2.05, 4.69) is 23.2 Å². The highest BCUT2D eigenvalue weighted by Crippen LogP contribution is 2.30. The lowest BCUT2D eigenvalue weighted by Gasteiger charge is -2.05. The first kappa shape index (κ1) is 10.3. The van der Waals surface area contributed by atoms with Crippen molar-refractivity contribution in [1.29, 1.82) is 0 Å². The van der Waals surface area contributed by atoms with Crippen LogP contribution in [-0.2, 0) is 13.0 Å². The summed E-state index contributed by atoms with van der Waals surface area (Å²) in [7, 11) is 0. The van der Waals surface area contributed by atoms with E-state index >= 15 is 0 Å². The summed E-state index contributed by atoms with van der Waals surface area (Å²) in [6.07, 6.45) is 4.67. The summed E-state index contributed by atoms with van der Waals surface area (Å²) in [5.41, 5.74) is 10.3. The molecule has 0 saturated carbocycles. The molecule has 2 heterocycles. The fourth-order valence-electron chi connectivity index (χ4n) is 2.12. The molecule has 0 bridgehead atoms. The standard InChI is InChI=1S/C14H14N2O/c15-7-10-5-13(9-16-8-10)11-1-2-14-12(6-11)3-4-17-14/h1-2,5-6,8-9H,3-4,7,15H2. The Morgan fingerprint density at radius 1 is 1.18 bits per heavy atom. The van der Waals surface area contributed by atoms with Gasteiger partial charge in [0.2, 0.25) is 0 Å². The molecule has 0 aliphatic carbocycles. The molecule has 2 aromatic rings. The van der Waals surface area contributed by atoms with E-state index in [1.54, 1.807) is 6.20 Å². The minimum atomic E-state index is 0.523. The van der Waals surface area contributed by atoms with Crippen LogP contribution in [0.1, 0.15) is 11.1 Å². The minimum absolute atomic E-state index is 0.523. The normalized spacial score (nSPS) is 13.2. The molecule has 1 aliphatic rings. The number of aromatic nitrogens is 1. The molecular weight excluding hydrogens is 212 g/mol. The van der Waals surface area contributed by atoms with Gasteiger partial charge in [-0.1, -0.05) is 6.07 Å². The Balaban J connectivity index is 2.03. The minimum Gasteiger partial charge on any atom is -0.493 e. The van der Waals surface area contributed by atoms with Crippen molar-refractivity contribution in [3.05, 3.63) is 47.8 Å². The number of hydrogen-bond acceptors (Lipinski definition) is 3. The average Bonchev–Trinajstić information content (AvgIpc) is 2.86. The molecule has 0 atom stereocenters. The smallest absolute Gasteiger partial charge is 0.122 e. The highest BCUT2D eigenvalue weighted by Gasteiger charge is 2.12. The number of ether oxygens (including phenoxy) is 1. The number of benzene rings is 1. The molecule has 3 heteroatoms. The fraction of sp³-hybridized carbons (Fsp3) is 0.214. The molecular formula is C14H14N2O. The highest BCUT2D eigenvalue weighted by molar-refractivity contribution is 5.65. The van der Waals surface area contributed by atoms with Crippen LogP contribution in [0.15, 0.2) is 36.7 Å². The maximum atomic E-state index is 5.63. The van der Waals surface area contributed by atoms with Crippen molar-refractivity contribution < 1.29 is 4.74 Å². The lowest BCUT2D eigenvalue weighted by Crippen LogP contribution is -1.97. The third-order valence-electron chi connectivity index (χ3n) is 3.05. The van der Waals surface area contributed by atoms with E-state index in [9.17, 15) is 0 Å². The van der Waals surface area contributed by atoms with Gasteiger partial charge in [0, 0.05) is 30.9 Å². The van der Waals surface area contributed by atoms with Crippen molar-refractivity contribution >= 4 is 0 Å². The van der Waals surface area contributed by atoms with Crippen molar-refractivity contribution in [3.8, 4) is 16.9 Å². The van der Waals surface area contributed by atoms with E-state index in [0.717, 1.165) is 29.9 Å². The lowest BCUT2D eigenvalue weighted by molar-refractivity contribution is 0.357. The van der Waals surface area contributed by atoms with Crippen molar-refractivity contribution in [1.82, 2.24) is 4.98 Å². The summed E-state index contributed by atoms with van der Waals surface area (Å²) in [5, 5.41) is 0. The number of hydrogen-bond donors (Lipinski definition) is 1. The van der Waals surface area contributed by atoms with E-state index in [1.807, 2.05) is 12.3 Å². The Labute approximate surface area is 100 Å². The SMILES string of the molecule is NCc1cncc(-c2ccc3c(c2)CCO3)c1. The zero-order valence-electron chi connectivity index (χ0n) is 9.52. The Morgan fingerprint density at radius 3 is 3.00 bits per heavy atom. The Bertz CT molecular complexity index is 552. The van der Waals surface area contributed by atoms with Gasteiger partial charge in [-0.25, -0.2) is 0 Å². The predicted octanol–water partition coefficient (Wildman–Crippen LogP) is 2.14. The van der Waals surface area contributed by atoms with Gasteiger partial charge in [0.15, 0.2) is 0 Å². The summed E-state index contributed by atoms with van der Waals surface area (Å²) in [6, 6.07) is 8.37. The van der Waals surface area contributed by atoms with Gasteiger partial charge in [0.1, 0.15) is 5.75 Å². The molecule has 17 heavy (non-hydrogen) atoms. The maximum absolute atomic E-state index is 5.63. The number of fused-ring (bicyclic) bond motifs is 1. The van der Waals surface area contributed by atoms with Crippen molar-refractivity contribution in [3.63, 3.8) is 0 Å². The third-order valence-corrected chi connectivity index (χ3v) is 3.05. The first-order chi connectivity index (χ1) is 8.36. The third kappa shape index (κ3) is 1.89. The predicted molar refractivity (Wildman–Crippen MR) is 66.8 cm³/mol. The fourth-order valence-corrected chi connectivity index (χ4v) is 2.12. The van der Waals surface area contributed by atoms with Gasteiger partial charge >= 0.3 is 0 Å². The van der Waals surface area contributed by atoms with Gasteiger partial charge in [0.05, 0.1) is 6.61 Å². The lowest BCUT2D eigenvalue weighted by atomic mass is 10.0. The van der Waals surface area contributed by atoms with Crippen LogP contribution in [0, 0.1) is 0 Å². The molecule has 1 aromatic carbocycles. The van der Waals surface area contributed by atoms with Crippen LogP contribution in [0.25, 0.3) is 11.1 Å². The molecule has 0 spiro atoms. The molecule has 86 valence electrons. The quantitative estimate of drug-likeness (QED) is 0.853. The van der Waals surface area contributed by atoms with Gasteiger partial charge in [-0.3, -0.25) is 4.98 Å². The second kappa shape index (κ2) is 4.18. The number of pyridine rings is 1. The zero-order chi connectivity index (χ0) is 11.7. The Kier molecular flexibility index (Phi) is 2.53. The summed E-state index contributed by atoms with van der Waals surface area (Å²) < 4.78 is 5.50. The first-order valence-electron chi connectivity index (χ1n) is 5.77. The van der Waals surface area contributed by atoms with Gasteiger partial charge in [-0.2, -0.15) is 0 Å². The maximum Gasteiger partial charge on any atom is 0.122 e. The zero-order valence-corrected chi connectivity index (χ0v) is 9.52. The molecule has 1 aromatic heterocycles. The molecule has 0 amide bonds. The summed E-state index contributed by atoms with van der Waals surface area (Å²) in [5.74, 6) is 1.01. The van der Waals surface area contributed by atoms with Crippen molar-refractivity contribution in [2.45, 2.75) is 13.0 Å². The van der Waals surface area contributed by atoms with E-state index in [-0.39, 0.29) is 0 Å². The van der Waals surface area contributed by atoms with Crippen molar-refractivity contribution in [2.24, 2.45) is 5.73 Å². The van der Waals surface area contributed by atoms with Crippen LogP contribution in [-0.4, -0.2) is 11.6 Å². The molecule has 3 rings (SSSR count). The number of rotatable bonds is 2. The van der Waals surface area contributed by atoms with Crippen LogP contribution >= 0.6 is 0 Å². The molecule has 3 nitrogen and oxygen atoms in total. The van der Waals surface area contributed by atoms with E-state index in [4.69, 9.17) is 10.5 Å². The number of nitrogens with zero attached hydrogens (tertiary/aromatic N) is 1. The molecule has 2 N–H and O–H groups in total. The molecule has 0 fully saturated rings. The van der Waals surface area contributed by atoms with Crippen LogP contribution in [0.4, 0.5) is 0 Å². The molecule has 0 unspecified atom stereocenters. The van der Waals surface area contributed by atoms with Gasteiger partial charge < -0.3 is 10.5 Å². The molecule has 0 saturated heterocycles. The van der Waals surface area contributed by atoms with Gasteiger partial charge in [0.25, 0.3) is 0 Å². The van der Waals surface area contributed by atoms with Gasteiger partial charge in [-0.05, 0) is 34.9 Å². The van der Waals surface area contributed by atoms with Gasteiger partial charge in [-0.15, -0.1) is 0 Å². The highest BCUT2D eigenvalue weighted by atomic mass is 16.5. The van der Waals surface area contributed by atoms with Crippen LogP contribution in [0.2, 0.25) is 0 Å². The number of nitrogens with two attached hydrogens (primary N) is 1. The first-order valence-corrected chi connectivity index (χ1v) is 5.77. The molecule has 1 aliphatic heterocycles. The Hall–Kier alpha value is -1.87. The van der Waals surface area contributed by atoms with E-state index < -0.39 is 0 Å². The van der Waals surface area contributed by atoms with E-state index in [0.29, 0.717) is 6.54 Å². The Morgan fingerprint density at radius 2 is 2.12 bits per heavy atom. The topological polar surface area (TPSA) is 48.1 Å². The largest absolute Gasteiger partial charge is 0.493 e. The molecule has 0 radical (unpaired) electrons. The summed E-state index contributed by atoms with van der Waals surface area (Å²) >= 11 is 0. The summed E-state index contributed by atoms with van der Waals surface area (Å²) in [6.45, 7) is 1.31. The monoisotopic (exact) mass is 226 g/mol. The van der Waals surface area contributed by atoms with Crippen molar-refractivity contribution in [2.75, 3.05) is 6.61 Å². The average molecular weight is 226 g/mol. The second-order valence-electron chi connectivity index (χ2n) is 4.21. The van der Waals surface area contributed by atoms with Crippen LogP contribution in [0.3, 0.4) is 0 Å². The second-order valence-corrected chi connectivity index (χ2v) is 4.21. The summed E-state index contributed by atoms with van der Waals surface area (Å²) in [4.78, 5) is 4.21. The van der Waals surface area contributed by atoms with Crippen LogP contribution in [0.5, 0.6) is 5.75 Å². The van der Waals surface area contributed by atoms with E-state index in [1.165, 1.54) is 11.1 Å².